The van der Waals surface area contributed by atoms with Gasteiger partial charge in [0.15, 0.2) is 0 Å². The highest BCUT2D eigenvalue weighted by atomic mass is 13.9. The molecule has 112 valence electrons. The van der Waals surface area contributed by atoms with Gasteiger partial charge in [0, 0.05) is 0 Å². The SMILES string of the molecule is C/C=C/CC/C=C/CC/C=C/CC/C=C/CC/C=C/C. The highest BCUT2D eigenvalue weighted by Crippen LogP contribution is 2.01. The van der Waals surface area contributed by atoms with E-state index in [1.54, 1.807) is 0 Å². The van der Waals surface area contributed by atoms with Gasteiger partial charge in [0.2, 0.25) is 0 Å². The van der Waals surface area contributed by atoms with Crippen LogP contribution in [0, 0.1) is 0 Å². The standard InChI is InChI=1S/C20H32/c1-3-5-7-9-11-13-15-17-19-20-18-16-14-12-10-8-6-4-2/h3-6,11-14,19-20H,7-10,15-18H2,1-2H3/b5-3+,6-4+,13-11+,14-12+,20-19+. The monoisotopic (exact) mass is 272 g/mol. The maximum absolute atomic E-state index is 2.31. The van der Waals surface area contributed by atoms with E-state index in [0.717, 1.165) is 0 Å². The Kier molecular flexibility index (Phi) is 16.5. The van der Waals surface area contributed by atoms with Crippen LogP contribution in [0.25, 0.3) is 0 Å². The summed E-state index contributed by atoms with van der Waals surface area (Å²) in [6.07, 6.45) is 31.8. The molecular weight excluding hydrogens is 240 g/mol. The minimum absolute atomic E-state index is 1.17. The second kappa shape index (κ2) is 17.7. The summed E-state index contributed by atoms with van der Waals surface area (Å²) in [4.78, 5) is 0. The third-order valence-electron chi connectivity index (χ3n) is 2.97. The summed E-state index contributed by atoms with van der Waals surface area (Å²) in [7, 11) is 0. The molecule has 0 aliphatic carbocycles. The van der Waals surface area contributed by atoms with Crippen molar-refractivity contribution in [1.82, 2.24) is 0 Å². The summed E-state index contributed by atoms with van der Waals surface area (Å²) < 4.78 is 0. The molecule has 0 nitrogen and oxygen atoms in total. The van der Waals surface area contributed by atoms with Gasteiger partial charge in [-0.1, -0.05) is 60.8 Å². The molecule has 0 aromatic heterocycles. The first kappa shape index (κ1) is 18.7. The molecule has 0 bridgehead atoms. The third kappa shape index (κ3) is 16.7. The Morgan fingerprint density at radius 1 is 0.350 bits per heavy atom. The first-order valence-corrected chi connectivity index (χ1v) is 8.09. The van der Waals surface area contributed by atoms with Crippen LogP contribution in [-0.2, 0) is 0 Å². The molecule has 0 rings (SSSR count). The van der Waals surface area contributed by atoms with Gasteiger partial charge in [-0.15, -0.1) is 0 Å². The Morgan fingerprint density at radius 2 is 0.550 bits per heavy atom. The van der Waals surface area contributed by atoms with E-state index in [9.17, 15) is 0 Å². The summed E-state index contributed by atoms with van der Waals surface area (Å²) >= 11 is 0. The van der Waals surface area contributed by atoms with Crippen LogP contribution < -0.4 is 0 Å². The Balaban J connectivity index is 3.31. The number of hydrogen-bond donors (Lipinski definition) is 0. The highest BCUT2D eigenvalue weighted by Gasteiger charge is 1.80. The van der Waals surface area contributed by atoms with E-state index in [-0.39, 0.29) is 0 Å². The molecule has 0 aliphatic heterocycles. The molecule has 0 spiro atoms. The van der Waals surface area contributed by atoms with E-state index in [0.29, 0.717) is 0 Å². The molecule has 0 aliphatic rings. The Bertz CT molecular complexity index is 281. The van der Waals surface area contributed by atoms with Gasteiger partial charge in [-0.05, 0) is 65.2 Å². The fourth-order valence-corrected chi connectivity index (χ4v) is 1.81. The lowest BCUT2D eigenvalue weighted by Crippen LogP contribution is -1.69. The molecule has 0 aromatic carbocycles. The number of allylic oxidation sites excluding steroid dienone is 10. The zero-order valence-corrected chi connectivity index (χ0v) is 13.4. The predicted molar refractivity (Wildman–Crippen MR) is 94.0 cm³/mol. The summed E-state index contributed by atoms with van der Waals surface area (Å²) in [6, 6.07) is 0. The number of unbranched alkanes of at least 4 members (excludes halogenated alkanes) is 4. The van der Waals surface area contributed by atoms with E-state index in [2.05, 4.69) is 74.6 Å². The average Bonchev–Trinajstić information content (AvgIpc) is 2.47. The molecule has 0 heteroatoms. The Labute approximate surface area is 126 Å². The molecule has 0 heterocycles. The van der Waals surface area contributed by atoms with Crippen molar-refractivity contribution < 1.29 is 0 Å². The van der Waals surface area contributed by atoms with Crippen molar-refractivity contribution in [3.05, 3.63) is 60.8 Å². The fraction of sp³-hybridized carbons (Fsp3) is 0.500. The number of hydrogen-bond acceptors (Lipinski definition) is 0. The minimum atomic E-state index is 1.17. The van der Waals surface area contributed by atoms with Gasteiger partial charge in [-0.2, -0.15) is 0 Å². The van der Waals surface area contributed by atoms with Gasteiger partial charge in [-0.3, -0.25) is 0 Å². The third-order valence-corrected chi connectivity index (χ3v) is 2.97. The molecule has 20 heavy (non-hydrogen) atoms. The normalized spacial score (nSPS) is 13.1. The van der Waals surface area contributed by atoms with Crippen molar-refractivity contribution >= 4 is 0 Å². The van der Waals surface area contributed by atoms with Crippen molar-refractivity contribution in [2.75, 3.05) is 0 Å². The smallest absolute Gasteiger partial charge is 0.0316 e. The molecule has 0 unspecified atom stereocenters. The molecule has 0 radical (unpaired) electrons. The quantitative estimate of drug-likeness (QED) is 0.267. The Morgan fingerprint density at radius 3 is 0.750 bits per heavy atom. The zero-order valence-electron chi connectivity index (χ0n) is 13.4. The molecule has 0 N–H and O–H groups in total. The van der Waals surface area contributed by atoms with Crippen molar-refractivity contribution in [3.8, 4) is 0 Å². The summed E-state index contributed by atoms with van der Waals surface area (Å²) in [6.45, 7) is 4.15. The minimum Gasteiger partial charge on any atom is -0.0917 e. The van der Waals surface area contributed by atoms with Crippen LogP contribution in [0.2, 0.25) is 0 Å². The van der Waals surface area contributed by atoms with Crippen LogP contribution in [0.3, 0.4) is 0 Å². The van der Waals surface area contributed by atoms with Crippen LogP contribution in [0.1, 0.15) is 65.2 Å². The molecular formula is C20H32. The van der Waals surface area contributed by atoms with Crippen molar-refractivity contribution in [2.24, 2.45) is 0 Å². The zero-order chi connectivity index (χ0) is 14.7. The van der Waals surface area contributed by atoms with Gasteiger partial charge in [0.25, 0.3) is 0 Å². The molecule has 0 aromatic rings. The molecule has 0 saturated heterocycles. The van der Waals surface area contributed by atoms with Crippen LogP contribution in [0.5, 0.6) is 0 Å². The first-order chi connectivity index (χ1) is 9.91. The van der Waals surface area contributed by atoms with Crippen LogP contribution in [0.15, 0.2) is 60.8 Å². The lowest BCUT2D eigenvalue weighted by molar-refractivity contribution is 0.977. The van der Waals surface area contributed by atoms with Crippen LogP contribution >= 0.6 is 0 Å². The molecule has 0 atom stereocenters. The largest absolute Gasteiger partial charge is 0.0917 e. The fourth-order valence-electron chi connectivity index (χ4n) is 1.81. The Hall–Kier alpha value is -1.30. The summed E-state index contributed by atoms with van der Waals surface area (Å²) in [5.41, 5.74) is 0. The van der Waals surface area contributed by atoms with E-state index in [1.807, 2.05) is 0 Å². The van der Waals surface area contributed by atoms with E-state index in [1.165, 1.54) is 51.4 Å². The summed E-state index contributed by atoms with van der Waals surface area (Å²) in [5.74, 6) is 0. The van der Waals surface area contributed by atoms with Gasteiger partial charge >= 0.3 is 0 Å². The van der Waals surface area contributed by atoms with Gasteiger partial charge in [0.1, 0.15) is 0 Å². The van der Waals surface area contributed by atoms with Gasteiger partial charge < -0.3 is 0 Å². The topological polar surface area (TPSA) is 0 Å². The lowest BCUT2D eigenvalue weighted by Gasteiger charge is -1.90. The second-order valence-corrected chi connectivity index (χ2v) is 4.86. The van der Waals surface area contributed by atoms with E-state index >= 15 is 0 Å². The lowest BCUT2D eigenvalue weighted by atomic mass is 10.2. The van der Waals surface area contributed by atoms with Crippen LogP contribution in [-0.4, -0.2) is 0 Å². The maximum atomic E-state index is 2.31. The highest BCUT2D eigenvalue weighted by molar-refractivity contribution is 4.92. The first-order valence-electron chi connectivity index (χ1n) is 8.09. The molecule has 0 amide bonds. The van der Waals surface area contributed by atoms with Gasteiger partial charge in [0.05, 0.1) is 0 Å². The average molecular weight is 272 g/mol. The van der Waals surface area contributed by atoms with Crippen molar-refractivity contribution in [1.29, 1.82) is 0 Å². The molecule has 0 fully saturated rings. The van der Waals surface area contributed by atoms with Crippen molar-refractivity contribution in [3.63, 3.8) is 0 Å². The maximum Gasteiger partial charge on any atom is -0.0316 e. The van der Waals surface area contributed by atoms with E-state index < -0.39 is 0 Å². The van der Waals surface area contributed by atoms with Gasteiger partial charge in [-0.25, -0.2) is 0 Å². The van der Waals surface area contributed by atoms with Crippen molar-refractivity contribution in [2.45, 2.75) is 65.2 Å². The second-order valence-electron chi connectivity index (χ2n) is 4.86. The predicted octanol–water partition coefficient (Wildman–Crippen LogP) is 6.93. The number of rotatable bonds is 12. The molecule has 0 saturated carbocycles. The van der Waals surface area contributed by atoms with Crippen LogP contribution in [0.4, 0.5) is 0 Å². The van der Waals surface area contributed by atoms with E-state index in [4.69, 9.17) is 0 Å². The summed E-state index contributed by atoms with van der Waals surface area (Å²) in [5, 5.41) is 0.